The lowest BCUT2D eigenvalue weighted by molar-refractivity contribution is 0.328. The van der Waals surface area contributed by atoms with Gasteiger partial charge >= 0.3 is 0 Å². The maximum Gasteiger partial charge on any atom is 0.0302 e. The van der Waals surface area contributed by atoms with Crippen LogP contribution in [0.5, 0.6) is 0 Å². The molecule has 19 heavy (non-hydrogen) atoms. The molecular weight excluding hydrogens is 368 g/mol. The standard InChI is InChI=1S/C15H22Br2N2/c1-12(14-6-5-13(16)11-15(14)17)18-7-4-10-19-8-2-3-9-19/h5-6,11-12,18H,2-4,7-10H2,1H3. The lowest BCUT2D eigenvalue weighted by Crippen LogP contribution is -2.26. The molecule has 0 radical (unpaired) electrons. The molecule has 0 spiro atoms. The third-order valence-electron chi connectivity index (χ3n) is 3.73. The normalized spacial score (nSPS) is 17.8. The van der Waals surface area contributed by atoms with Crippen LogP contribution in [0.4, 0.5) is 0 Å². The summed E-state index contributed by atoms with van der Waals surface area (Å²) in [5, 5.41) is 3.61. The van der Waals surface area contributed by atoms with Crippen LogP contribution in [0.2, 0.25) is 0 Å². The van der Waals surface area contributed by atoms with Crippen molar-refractivity contribution in [2.45, 2.75) is 32.2 Å². The van der Waals surface area contributed by atoms with E-state index in [4.69, 9.17) is 0 Å². The second-order valence-electron chi connectivity index (χ2n) is 5.24. The Labute approximate surface area is 133 Å². The van der Waals surface area contributed by atoms with Crippen LogP contribution < -0.4 is 5.32 Å². The number of likely N-dealkylation sites (tertiary alicyclic amines) is 1. The zero-order valence-electron chi connectivity index (χ0n) is 11.5. The molecule has 2 nitrogen and oxygen atoms in total. The number of nitrogens with zero attached hydrogens (tertiary/aromatic N) is 1. The molecule has 106 valence electrons. The number of rotatable bonds is 6. The molecule has 1 atom stereocenters. The summed E-state index contributed by atoms with van der Waals surface area (Å²) in [6.45, 7) is 7.15. The summed E-state index contributed by atoms with van der Waals surface area (Å²) in [6.07, 6.45) is 4.00. The minimum absolute atomic E-state index is 0.390. The second-order valence-corrected chi connectivity index (χ2v) is 7.01. The molecule has 1 N–H and O–H groups in total. The summed E-state index contributed by atoms with van der Waals surface area (Å²) in [4.78, 5) is 2.57. The van der Waals surface area contributed by atoms with E-state index >= 15 is 0 Å². The highest BCUT2D eigenvalue weighted by Crippen LogP contribution is 2.26. The van der Waals surface area contributed by atoms with Crippen LogP contribution in [-0.4, -0.2) is 31.1 Å². The first-order valence-electron chi connectivity index (χ1n) is 7.07. The van der Waals surface area contributed by atoms with Gasteiger partial charge in [0.25, 0.3) is 0 Å². The summed E-state index contributed by atoms with van der Waals surface area (Å²) < 4.78 is 2.28. The van der Waals surface area contributed by atoms with Crippen molar-refractivity contribution in [3.05, 3.63) is 32.7 Å². The van der Waals surface area contributed by atoms with Gasteiger partial charge in [0.05, 0.1) is 0 Å². The fourth-order valence-corrected chi connectivity index (χ4v) is 3.98. The van der Waals surface area contributed by atoms with Gasteiger partial charge in [-0.25, -0.2) is 0 Å². The minimum Gasteiger partial charge on any atom is -0.310 e. The van der Waals surface area contributed by atoms with E-state index in [2.05, 4.69) is 67.2 Å². The molecule has 0 amide bonds. The van der Waals surface area contributed by atoms with Gasteiger partial charge in [0.1, 0.15) is 0 Å². The molecule has 1 aliphatic heterocycles. The monoisotopic (exact) mass is 388 g/mol. The van der Waals surface area contributed by atoms with Gasteiger partial charge in [0.2, 0.25) is 0 Å². The highest BCUT2D eigenvalue weighted by atomic mass is 79.9. The Kier molecular flexibility index (Phi) is 6.33. The highest BCUT2D eigenvalue weighted by molar-refractivity contribution is 9.11. The molecule has 2 rings (SSSR count). The molecule has 1 aromatic rings. The molecule has 1 heterocycles. The zero-order valence-corrected chi connectivity index (χ0v) is 14.6. The first-order valence-corrected chi connectivity index (χ1v) is 8.66. The van der Waals surface area contributed by atoms with Crippen LogP contribution in [-0.2, 0) is 0 Å². The van der Waals surface area contributed by atoms with Gasteiger partial charge in [-0.15, -0.1) is 0 Å². The van der Waals surface area contributed by atoms with Crippen molar-refractivity contribution < 1.29 is 0 Å². The van der Waals surface area contributed by atoms with Gasteiger partial charge in [-0.1, -0.05) is 37.9 Å². The van der Waals surface area contributed by atoms with Crippen LogP contribution in [0.25, 0.3) is 0 Å². The lowest BCUT2D eigenvalue weighted by atomic mass is 10.1. The van der Waals surface area contributed by atoms with Crippen molar-refractivity contribution in [2.24, 2.45) is 0 Å². The Morgan fingerprint density at radius 1 is 1.26 bits per heavy atom. The summed E-state index contributed by atoms with van der Waals surface area (Å²) in [7, 11) is 0. The quantitative estimate of drug-likeness (QED) is 0.727. The average Bonchev–Trinajstić information content (AvgIpc) is 2.87. The van der Waals surface area contributed by atoms with E-state index in [9.17, 15) is 0 Å². The topological polar surface area (TPSA) is 15.3 Å². The lowest BCUT2D eigenvalue weighted by Gasteiger charge is -2.18. The Bertz CT molecular complexity index is 403. The third-order valence-corrected chi connectivity index (χ3v) is 4.91. The molecule has 1 fully saturated rings. The molecule has 0 bridgehead atoms. The second kappa shape index (κ2) is 7.77. The van der Waals surface area contributed by atoms with E-state index in [0.29, 0.717) is 6.04 Å². The Morgan fingerprint density at radius 2 is 2.00 bits per heavy atom. The highest BCUT2D eigenvalue weighted by Gasteiger charge is 2.11. The van der Waals surface area contributed by atoms with Crippen molar-refractivity contribution in [2.75, 3.05) is 26.2 Å². The molecule has 1 aromatic carbocycles. The smallest absolute Gasteiger partial charge is 0.0302 e. The molecule has 1 saturated heterocycles. The van der Waals surface area contributed by atoms with Crippen LogP contribution in [0.3, 0.4) is 0 Å². The van der Waals surface area contributed by atoms with E-state index in [1.54, 1.807) is 0 Å². The minimum atomic E-state index is 0.390. The summed E-state index contributed by atoms with van der Waals surface area (Å²) in [6, 6.07) is 6.77. The predicted octanol–water partition coefficient (Wildman–Crippen LogP) is 4.35. The van der Waals surface area contributed by atoms with Crippen molar-refractivity contribution in [1.82, 2.24) is 10.2 Å². The Balaban J connectivity index is 1.72. The Hall–Kier alpha value is 0.1000. The summed E-state index contributed by atoms with van der Waals surface area (Å²) in [5.74, 6) is 0. The first kappa shape index (κ1) is 15.5. The molecule has 1 unspecified atom stereocenters. The van der Waals surface area contributed by atoms with Crippen LogP contribution >= 0.6 is 31.9 Å². The van der Waals surface area contributed by atoms with Crippen LogP contribution in [0.1, 0.15) is 37.8 Å². The summed E-state index contributed by atoms with van der Waals surface area (Å²) in [5.41, 5.74) is 1.32. The van der Waals surface area contributed by atoms with Crippen LogP contribution in [0.15, 0.2) is 27.1 Å². The van der Waals surface area contributed by atoms with Gasteiger partial charge in [-0.3, -0.25) is 0 Å². The fourth-order valence-electron chi connectivity index (χ4n) is 2.59. The molecule has 4 heteroatoms. The van der Waals surface area contributed by atoms with Crippen molar-refractivity contribution in [1.29, 1.82) is 0 Å². The van der Waals surface area contributed by atoms with E-state index < -0.39 is 0 Å². The molecule has 0 aromatic heterocycles. The maximum absolute atomic E-state index is 3.63. The number of benzene rings is 1. The van der Waals surface area contributed by atoms with E-state index in [0.717, 1.165) is 11.0 Å². The average molecular weight is 390 g/mol. The fraction of sp³-hybridized carbons (Fsp3) is 0.600. The van der Waals surface area contributed by atoms with Gasteiger partial charge in [0, 0.05) is 15.0 Å². The predicted molar refractivity (Wildman–Crippen MR) is 88.6 cm³/mol. The number of nitrogens with one attached hydrogen (secondary N) is 1. The molecular formula is C15H22Br2N2. The van der Waals surface area contributed by atoms with Crippen molar-refractivity contribution >= 4 is 31.9 Å². The molecule has 1 aliphatic rings. The largest absolute Gasteiger partial charge is 0.310 e. The summed E-state index contributed by atoms with van der Waals surface area (Å²) >= 11 is 7.12. The van der Waals surface area contributed by atoms with Crippen LogP contribution in [0, 0.1) is 0 Å². The number of halogens is 2. The van der Waals surface area contributed by atoms with Crippen molar-refractivity contribution in [3.63, 3.8) is 0 Å². The van der Waals surface area contributed by atoms with E-state index in [1.807, 2.05) is 0 Å². The zero-order chi connectivity index (χ0) is 13.7. The van der Waals surface area contributed by atoms with E-state index in [1.165, 1.54) is 48.9 Å². The molecule has 0 aliphatic carbocycles. The molecule has 0 saturated carbocycles. The van der Waals surface area contributed by atoms with Gasteiger partial charge in [-0.05, 0) is 70.1 Å². The van der Waals surface area contributed by atoms with Gasteiger partial charge in [-0.2, -0.15) is 0 Å². The SMILES string of the molecule is CC(NCCCN1CCCC1)c1ccc(Br)cc1Br. The van der Waals surface area contributed by atoms with Crippen molar-refractivity contribution in [3.8, 4) is 0 Å². The van der Waals surface area contributed by atoms with Gasteiger partial charge in [0.15, 0.2) is 0 Å². The van der Waals surface area contributed by atoms with Gasteiger partial charge < -0.3 is 10.2 Å². The third kappa shape index (κ3) is 4.85. The van der Waals surface area contributed by atoms with E-state index in [-0.39, 0.29) is 0 Å². The maximum atomic E-state index is 3.63. The number of hydrogen-bond donors (Lipinski definition) is 1. The number of hydrogen-bond acceptors (Lipinski definition) is 2. The first-order chi connectivity index (χ1) is 9.16. The Morgan fingerprint density at radius 3 is 2.68 bits per heavy atom.